The molecule has 11 heteroatoms. The third-order valence-electron chi connectivity index (χ3n) is 2.37. The summed E-state index contributed by atoms with van der Waals surface area (Å²) in [5, 5.41) is 6.19. The maximum absolute atomic E-state index is 12.4. The van der Waals surface area contributed by atoms with Crippen LogP contribution >= 0.6 is 11.3 Å². The molecule has 0 aliphatic rings. The average Bonchev–Trinajstić information content (AvgIpc) is 2.75. The second kappa shape index (κ2) is 5.66. The lowest BCUT2D eigenvalue weighted by atomic mass is 10.4. The van der Waals surface area contributed by atoms with Crippen molar-refractivity contribution in [3.63, 3.8) is 0 Å². The largest absolute Gasteiger partial charge is 0.477 e. The van der Waals surface area contributed by atoms with Crippen LogP contribution in [0, 0.1) is 0 Å². The molecular formula is C9H11F3N2O4S2. The molecule has 2 unspecified atom stereocenters. The van der Waals surface area contributed by atoms with Gasteiger partial charge in [-0.2, -0.15) is 13.2 Å². The Morgan fingerprint density at radius 3 is 2.40 bits per heavy atom. The van der Waals surface area contributed by atoms with E-state index < -0.39 is 33.5 Å². The number of sulfonamides is 1. The molecule has 0 bridgehead atoms. The second-order valence-electron chi connectivity index (χ2n) is 3.94. The number of hydrogen-bond acceptors (Lipinski definition) is 5. The lowest BCUT2D eigenvalue weighted by Crippen LogP contribution is -2.42. The first-order chi connectivity index (χ1) is 8.95. The Kier molecular flexibility index (Phi) is 4.77. The highest BCUT2D eigenvalue weighted by Crippen LogP contribution is 2.27. The Hall–Kier alpha value is -1.20. The molecule has 0 amide bonds. The quantitative estimate of drug-likeness (QED) is 0.857. The molecule has 0 aliphatic carbocycles. The summed E-state index contributed by atoms with van der Waals surface area (Å²) < 4.78 is 62.1. The van der Waals surface area contributed by atoms with E-state index in [1.54, 1.807) is 0 Å². The van der Waals surface area contributed by atoms with Crippen LogP contribution in [0.5, 0.6) is 0 Å². The highest BCUT2D eigenvalue weighted by molar-refractivity contribution is 7.90. The van der Waals surface area contributed by atoms with Crippen molar-refractivity contribution in [1.29, 1.82) is 0 Å². The number of rotatable bonds is 5. The van der Waals surface area contributed by atoms with Crippen molar-refractivity contribution in [1.82, 2.24) is 9.71 Å². The summed E-state index contributed by atoms with van der Waals surface area (Å²) in [6.07, 6.45) is -3.87. The Morgan fingerprint density at radius 1 is 1.45 bits per heavy atom. The predicted molar refractivity (Wildman–Crippen MR) is 65.1 cm³/mol. The van der Waals surface area contributed by atoms with Crippen LogP contribution in [-0.4, -0.2) is 35.9 Å². The number of alkyl halides is 3. The Morgan fingerprint density at radius 2 is 2.00 bits per heavy atom. The van der Waals surface area contributed by atoms with Gasteiger partial charge in [0, 0.05) is 0 Å². The minimum Gasteiger partial charge on any atom is -0.477 e. The average molecular weight is 332 g/mol. The molecule has 2 atom stereocenters. The van der Waals surface area contributed by atoms with Crippen LogP contribution in [0.3, 0.4) is 0 Å². The summed E-state index contributed by atoms with van der Waals surface area (Å²) >= 11 is 0.690. The monoisotopic (exact) mass is 332 g/mol. The van der Waals surface area contributed by atoms with Crippen LogP contribution in [0.1, 0.15) is 34.6 Å². The number of nitrogens with zero attached hydrogens (tertiary/aromatic N) is 1. The molecule has 1 aromatic heterocycles. The number of hydrogen-bond donors (Lipinski definition) is 2. The van der Waals surface area contributed by atoms with Crippen LogP contribution < -0.4 is 4.72 Å². The van der Waals surface area contributed by atoms with E-state index in [1.165, 1.54) is 6.92 Å². The molecule has 0 saturated heterocycles. The van der Waals surface area contributed by atoms with Gasteiger partial charge in [0.15, 0.2) is 5.25 Å². The Labute approximate surface area is 116 Å². The van der Waals surface area contributed by atoms with Crippen molar-refractivity contribution in [2.75, 3.05) is 0 Å². The third kappa shape index (κ3) is 3.90. The number of nitrogens with one attached hydrogen (secondary N) is 1. The van der Waals surface area contributed by atoms with Crippen LogP contribution in [-0.2, 0) is 10.0 Å². The molecule has 1 rings (SSSR count). The molecule has 0 aromatic carbocycles. The number of carbonyl (C=O) groups is 1. The topological polar surface area (TPSA) is 96.4 Å². The van der Waals surface area contributed by atoms with Gasteiger partial charge in [-0.05, 0) is 13.8 Å². The van der Waals surface area contributed by atoms with E-state index in [9.17, 15) is 26.4 Å². The van der Waals surface area contributed by atoms with E-state index >= 15 is 0 Å². The molecular weight excluding hydrogens is 321 g/mol. The van der Waals surface area contributed by atoms with Gasteiger partial charge in [0.25, 0.3) is 0 Å². The minimum atomic E-state index is -4.89. The lowest BCUT2D eigenvalue weighted by Gasteiger charge is -2.19. The molecule has 1 heterocycles. The number of aromatic carboxylic acids is 1. The summed E-state index contributed by atoms with van der Waals surface area (Å²) in [6.45, 7) is 1.81. The highest BCUT2D eigenvalue weighted by atomic mass is 32.2. The van der Waals surface area contributed by atoms with E-state index in [0.717, 1.165) is 6.20 Å². The summed E-state index contributed by atoms with van der Waals surface area (Å²) in [6, 6.07) is -1.05. The van der Waals surface area contributed by atoms with Gasteiger partial charge in [-0.15, -0.1) is 11.3 Å². The van der Waals surface area contributed by atoms with Gasteiger partial charge >= 0.3 is 12.1 Å². The summed E-state index contributed by atoms with van der Waals surface area (Å²) in [7, 11) is -4.63. The minimum absolute atomic E-state index is 0.0698. The van der Waals surface area contributed by atoms with E-state index in [-0.39, 0.29) is 9.88 Å². The zero-order chi connectivity index (χ0) is 15.7. The fourth-order valence-electron chi connectivity index (χ4n) is 1.16. The smallest absolute Gasteiger partial charge is 0.406 e. The lowest BCUT2D eigenvalue weighted by molar-refractivity contribution is -0.127. The molecule has 0 radical (unpaired) electrons. The van der Waals surface area contributed by atoms with Crippen LogP contribution in [0.15, 0.2) is 6.20 Å². The van der Waals surface area contributed by atoms with Crippen molar-refractivity contribution in [2.24, 2.45) is 0 Å². The van der Waals surface area contributed by atoms with E-state index in [2.05, 4.69) is 4.98 Å². The van der Waals surface area contributed by atoms with Crippen molar-refractivity contribution in [3.8, 4) is 0 Å². The van der Waals surface area contributed by atoms with Crippen molar-refractivity contribution in [2.45, 2.75) is 31.3 Å². The van der Waals surface area contributed by atoms with Crippen LogP contribution in [0.4, 0.5) is 13.2 Å². The summed E-state index contributed by atoms with van der Waals surface area (Å²) in [5.74, 6) is -1.24. The molecule has 20 heavy (non-hydrogen) atoms. The fraction of sp³-hybridized carbons (Fsp3) is 0.556. The van der Waals surface area contributed by atoms with Gasteiger partial charge < -0.3 is 5.11 Å². The molecule has 0 spiro atoms. The number of carboxylic acids is 1. The first-order valence-corrected chi connectivity index (χ1v) is 7.58. The van der Waals surface area contributed by atoms with E-state index in [4.69, 9.17) is 5.11 Å². The number of carboxylic acid groups (broad SMARTS) is 1. The van der Waals surface area contributed by atoms with Crippen molar-refractivity contribution < 1.29 is 31.5 Å². The number of aromatic nitrogens is 1. The maximum Gasteiger partial charge on any atom is 0.406 e. The third-order valence-corrected chi connectivity index (χ3v) is 5.42. The highest BCUT2D eigenvalue weighted by Gasteiger charge is 2.45. The first-order valence-electron chi connectivity index (χ1n) is 5.22. The zero-order valence-corrected chi connectivity index (χ0v) is 11.9. The summed E-state index contributed by atoms with van der Waals surface area (Å²) in [5.41, 5.74) is 0. The van der Waals surface area contributed by atoms with Gasteiger partial charge in [-0.1, -0.05) is 0 Å². The van der Waals surface area contributed by atoms with Gasteiger partial charge in [0.2, 0.25) is 10.0 Å². The van der Waals surface area contributed by atoms with E-state index in [1.807, 2.05) is 4.72 Å². The zero-order valence-electron chi connectivity index (χ0n) is 10.3. The van der Waals surface area contributed by atoms with Gasteiger partial charge in [-0.25, -0.2) is 22.9 Å². The molecule has 6 nitrogen and oxygen atoms in total. The van der Waals surface area contributed by atoms with Gasteiger partial charge in [-0.3, -0.25) is 0 Å². The normalized spacial score (nSPS) is 15.8. The SMILES string of the molecule is CC(NS(=O)(=O)C(C)C(F)(F)F)c1ncc(C(=O)O)s1. The predicted octanol–water partition coefficient (Wildman–Crippen LogP) is 1.77. The molecule has 114 valence electrons. The van der Waals surface area contributed by atoms with Crippen LogP contribution in [0.25, 0.3) is 0 Å². The molecule has 1 aromatic rings. The number of halogens is 3. The van der Waals surface area contributed by atoms with Crippen molar-refractivity contribution >= 4 is 27.3 Å². The van der Waals surface area contributed by atoms with Crippen molar-refractivity contribution in [3.05, 3.63) is 16.1 Å². The maximum atomic E-state index is 12.4. The van der Waals surface area contributed by atoms with Gasteiger partial charge in [0.05, 0.1) is 12.2 Å². The second-order valence-corrected chi connectivity index (χ2v) is 7.03. The van der Waals surface area contributed by atoms with Gasteiger partial charge in [0.1, 0.15) is 9.88 Å². The standard InChI is InChI=1S/C9H11F3N2O4S2/c1-4(7-13-3-6(19-7)8(15)16)14-20(17,18)5(2)9(10,11)12/h3-5,14H,1-2H3,(H,15,16). The molecule has 2 N–H and O–H groups in total. The molecule has 0 saturated carbocycles. The Bertz CT molecular complexity index is 597. The Balaban J connectivity index is 2.89. The number of thiazole rings is 1. The van der Waals surface area contributed by atoms with E-state index in [0.29, 0.717) is 18.3 Å². The summed E-state index contributed by atoms with van der Waals surface area (Å²) in [4.78, 5) is 14.2. The fourth-order valence-corrected chi connectivity index (χ4v) is 3.16. The van der Waals surface area contributed by atoms with Crippen LogP contribution in [0.2, 0.25) is 0 Å². The first kappa shape index (κ1) is 16.9. The molecule has 0 fully saturated rings. The molecule has 0 aliphatic heterocycles.